The van der Waals surface area contributed by atoms with Gasteiger partial charge in [0.1, 0.15) is 11.6 Å². The van der Waals surface area contributed by atoms with E-state index in [9.17, 15) is 23.1 Å². The molecule has 2 aromatic carbocycles. The van der Waals surface area contributed by atoms with Gasteiger partial charge in [-0.25, -0.2) is 8.78 Å². The number of halogens is 2. The van der Waals surface area contributed by atoms with Crippen LogP contribution >= 0.6 is 7.60 Å². The summed E-state index contributed by atoms with van der Waals surface area (Å²) in [6.07, 6.45) is -0.412. The zero-order chi connectivity index (χ0) is 14.8. The number of hydrogen-bond donors (Lipinski definition) is 2. The summed E-state index contributed by atoms with van der Waals surface area (Å²) >= 11 is 0. The first-order valence-corrected chi connectivity index (χ1v) is 7.70. The van der Waals surface area contributed by atoms with Gasteiger partial charge in [0.05, 0.1) is 6.16 Å². The van der Waals surface area contributed by atoms with Crippen molar-refractivity contribution in [1.82, 2.24) is 0 Å². The normalized spacial score (nSPS) is 11.8. The van der Waals surface area contributed by atoms with Gasteiger partial charge < -0.3 is 9.79 Å². The fourth-order valence-corrected chi connectivity index (χ4v) is 2.93. The molecule has 0 atom stereocenters. The van der Waals surface area contributed by atoms with Crippen LogP contribution in [-0.4, -0.2) is 15.9 Å². The predicted molar refractivity (Wildman–Crippen MR) is 71.6 cm³/mol. The second kappa shape index (κ2) is 5.83. The molecule has 0 aliphatic carbocycles. The molecule has 0 aromatic heterocycles. The van der Waals surface area contributed by atoms with Crippen LogP contribution < -0.4 is 0 Å². The van der Waals surface area contributed by atoms with Crippen molar-refractivity contribution in [3.8, 4) is 0 Å². The van der Waals surface area contributed by atoms with Gasteiger partial charge in [-0.1, -0.05) is 24.3 Å². The van der Waals surface area contributed by atoms with E-state index in [4.69, 9.17) is 0 Å². The van der Waals surface area contributed by atoms with Gasteiger partial charge in [-0.2, -0.15) is 0 Å². The predicted octanol–water partition coefficient (Wildman–Crippen LogP) is 3.27. The highest BCUT2D eigenvalue weighted by Crippen LogP contribution is 2.42. The molecule has 0 fully saturated rings. The largest absolute Gasteiger partial charge is 0.326 e. The standard InChI is InChI=1S/C14H13F2O3P/c15-12-5-1-10(2-6-12)14(9-20(17,18)19)11-3-7-13(16)8-4-11/h1-8,14H,9H2,(H2,17,18,19). The summed E-state index contributed by atoms with van der Waals surface area (Å²) in [6, 6.07) is 10.8. The highest BCUT2D eigenvalue weighted by Gasteiger charge is 2.24. The van der Waals surface area contributed by atoms with Gasteiger partial charge in [-0.3, -0.25) is 4.57 Å². The summed E-state index contributed by atoms with van der Waals surface area (Å²) in [5, 5.41) is 0. The Morgan fingerprint density at radius 3 is 1.50 bits per heavy atom. The van der Waals surface area contributed by atoms with Crippen molar-refractivity contribution in [2.24, 2.45) is 0 Å². The molecule has 2 aromatic rings. The Hall–Kier alpha value is -1.55. The Kier molecular flexibility index (Phi) is 4.33. The number of rotatable bonds is 4. The first-order valence-electron chi connectivity index (χ1n) is 5.91. The van der Waals surface area contributed by atoms with Gasteiger partial charge in [0.2, 0.25) is 0 Å². The van der Waals surface area contributed by atoms with Crippen molar-refractivity contribution < 1.29 is 23.1 Å². The minimum absolute atomic E-state index is 0.412. The lowest BCUT2D eigenvalue weighted by atomic mass is 9.93. The Morgan fingerprint density at radius 1 is 0.850 bits per heavy atom. The lowest BCUT2D eigenvalue weighted by Gasteiger charge is -2.18. The SMILES string of the molecule is O=P(O)(O)CC(c1ccc(F)cc1)c1ccc(F)cc1. The van der Waals surface area contributed by atoms with Gasteiger partial charge in [-0.15, -0.1) is 0 Å². The highest BCUT2D eigenvalue weighted by atomic mass is 31.2. The van der Waals surface area contributed by atoms with Crippen molar-refractivity contribution >= 4 is 7.60 Å². The van der Waals surface area contributed by atoms with E-state index in [1.807, 2.05) is 0 Å². The Morgan fingerprint density at radius 2 is 1.20 bits per heavy atom. The van der Waals surface area contributed by atoms with Gasteiger partial charge in [0.25, 0.3) is 0 Å². The van der Waals surface area contributed by atoms with Crippen LogP contribution in [0.5, 0.6) is 0 Å². The van der Waals surface area contributed by atoms with Crippen molar-refractivity contribution in [2.75, 3.05) is 6.16 Å². The Bertz CT molecular complexity index is 574. The van der Waals surface area contributed by atoms with Gasteiger partial charge in [-0.05, 0) is 35.4 Å². The summed E-state index contributed by atoms with van der Waals surface area (Å²) in [5.41, 5.74) is 1.14. The molecule has 0 radical (unpaired) electrons. The molecule has 0 saturated carbocycles. The van der Waals surface area contributed by atoms with E-state index in [0.717, 1.165) is 0 Å². The molecule has 6 heteroatoms. The van der Waals surface area contributed by atoms with Crippen LogP contribution in [0.2, 0.25) is 0 Å². The Labute approximate surface area is 115 Å². The molecular weight excluding hydrogens is 285 g/mol. The monoisotopic (exact) mass is 298 g/mol. The highest BCUT2D eigenvalue weighted by molar-refractivity contribution is 7.51. The van der Waals surface area contributed by atoms with E-state index in [2.05, 4.69) is 0 Å². The van der Waals surface area contributed by atoms with Gasteiger partial charge >= 0.3 is 7.60 Å². The smallest absolute Gasteiger partial charge is 0.324 e. The topological polar surface area (TPSA) is 57.5 Å². The minimum atomic E-state index is -4.26. The van der Waals surface area contributed by atoms with Gasteiger partial charge in [0.15, 0.2) is 0 Å². The molecule has 0 amide bonds. The molecule has 0 bridgehead atoms. The third-order valence-corrected chi connectivity index (χ3v) is 3.81. The second-order valence-corrected chi connectivity index (χ2v) is 6.20. The van der Waals surface area contributed by atoms with Crippen LogP contribution in [0.15, 0.2) is 48.5 Å². The fraction of sp³-hybridized carbons (Fsp3) is 0.143. The molecular formula is C14H13F2O3P. The van der Waals surface area contributed by atoms with E-state index in [-0.39, 0.29) is 0 Å². The van der Waals surface area contributed by atoms with Crippen LogP contribution in [0.1, 0.15) is 17.0 Å². The van der Waals surface area contributed by atoms with E-state index in [1.165, 1.54) is 48.5 Å². The minimum Gasteiger partial charge on any atom is -0.324 e. The number of hydrogen-bond acceptors (Lipinski definition) is 1. The van der Waals surface area contributed by atoms with E-state index >= 15 is 0 Å². The third-order valence-electron chi connectivity index (χ3n) is 2.97. The maximum atomic E-state index is 12.9. The molecule has 0 aliphatic rings. The molecule has 2 N–H and O–H groups in total. The summed E-state index contributed by atoms with van der Waals surface area (Å²) in [7, 11) is -4.26. The van der Waals surface area contributed by atoms with Crippen LogP contribution in [-0.2, 0) is 4.57 Å². The van der Waals surface area contributed by atoms with Crippen LogP contribution in [0.4, 0.5) is 8.78 Å². The van der Waals surface area contributed by atoms with Gasteiger partial charge in [0, 0.05) is 5.92 Å². The average molecular weight is 298 g/mol. The fourth-order valence-electron chi connectivity index (χ4n) is 2.03. The van der Waals surface area contributed by atoms with E-state index < -0.39 is 31.3 Å². The zero-order valence-electron chi connectivity index (χ0n) is 10.4. The maximum Gasteiger partial charge on any atom is 0.326 e. The van der Waals surface area contributed by atoms with Crippen molar-refractivity contribution in [3.63, 3.8) is 0 Å². The molecule has 3 nitrogen and oxygen atoms in total. The number of benzene rings is 2. The summed E-state index contributed by atoms with van der Waals surface area (Å²) in [4.78, 5) is 18.4. The first-order chi connectivity index (χ1) is 9.35. The van der Waals surface area contributed by atoms with Crippen molar-refractivity contribution in [2.45, 2.75) is 5.92 Å². The van der Waals surface area contributed by atoms with Crippen LogP contribution in [0, 0.1) is 11.6 Å². The summed E-state index contributed by atoms with van der Waals surface area (Å²) in [6.45, 7) is 0. The molecule has 20 heavy (non-hydrogen) atoms. The van der Waals surface area contributed by atoms with Crippen LogP contribution in [0.3, 0.4) is 0 Å². The lowest BCUT2D eigenvalue weighted by Crippen LogP contribution is -2.07. The molecule has 0 aliphatic heterocycles. The molecule has 106 valence electrons. The molecule has 2 rings (SSSR count). The second-order valence-electron chi connectivity index (χ2n) is 4.50. The molecule has 0 saturated heterocycles. The van der Waals surface area contributed by atoms with Crippen molar-refractivity contribution in [1.29, 1.82) is 0 Å². The Balaban J connectivity index is 2.41. The first kappa shape index (κ1) is 14.9. The average Bonchev–Trinajstić information content (AvgIpc) is 2.37. The van der Waals surface area contributed by atoms with E-state index in [1.54, 1.807) is 0 Å². The quantitative estimate of drug-likeness (QED) is 0.852. The van der Waals surface area contributed by atoms with Crippen LogP contribution in [0.25, 0.3) is 0 Å². The molecule has 0 unspecified atom stereocenters. The molecule has 0 spiro atoms. The summed E-state index contributed by atoms with van der Waals surface area (Å²) < 4.78 is 37.1. The zero-order valence-corrected chi connectivity index (χ0v) is 11.3. The summed E-state index contributed by atoms with van der Waals surface area (Å²) in [5.74, 6) is -1.47. The molecule has 0 heterocycles. The maximum absolute atomic E-state index is 12.9. The third kappa shape index (κ3) is 3.97. The lowest BCUT2D eigenvalue weighted by molar-refractivity contribution is 0.370. The van der Waals surface area contributed by atoms with Crippen molar-refractivity contribution in [3.05, 3.63) is 71.3 Å². The van der Waals surface area contributed by atoms with E-state index in [0.29, 0.717) is 11.1 Å².